The predicted octanol–water partition coefficient (Wildman–Crippen LogP) is 5.02. The van der Waals surface area contributed by atoms with Gasteiger partial charge in [-0.1, -0.05) is 23.8 Å². The van der Waals surface area contributed by atoms with Crippen LogP contribution in [0.1, 0.15) is 46.0 Å². The molecular weight excluding hydrogens is 523 g/mol. The second-order valence-corrected chi connectivity index (χ2v) is 10.2. The van der Waals surface area contributed by atoms with Crippen molar-refractivity contribution in [1.29, 1.82) is 0 Å². The minimum atomic E-state index is -1.48. The maximum atomic E-state index is 15.0. The number of benzene rings is 2. The number of morpholine rings is 1. The lowest BCUT2D eigenvalue weighted by atomic mass is 9.89. The normalized spacial score (nSPS) is 19.1. The lowest BCUT2D eigenvalue weighted by Crippen LogP contribution is -2.61. The van der Waals surface area contributed by atoms with Crippen molar-refractivity contribution in [2.24, 2.45) is 0 Å². The molecule has 10 heteroatoms. The van der Waals surface area contributed by atoms with E-state index in [9.17, 15) is 18.4 Å². The molecule has 0 N–H and O–H groups in total. The van der Waals surface area contributed by atoms with Crippen LogP contribution in [-0.2, 0) is 4.74 Å². The van der Waals surface area contributed by atoms with E-state index in [1.807, 2.05) is 31.2 Å². The van der Waals surface area contributed by atoms with E-state index in [4.69, 9.17) is 9.47 Å². The smallest absolute Gasteiger partial charge is 0.257 e. The summed E-state index contributed by atoms with van der Waals surface area (Å²) in [6.45, 7) is 4.43. The standard InChI is InChI=1S/C30H30F3N3O4/c1-3-39-27-24(32)22(16-23(31)25(27)33)29(38)36-13-14-40-30(18-36)10-6-12-35(17-30)28(37)21-9-5-11-34-26(21)20-8-4-7-19(2)15-20/h4-5,7-9,11,15-16H,3,6,10,12-14,17-18H2,1-2H3. The average molecular weight is 554 g/mol. The molecule has 2 aromatic carbocycles. The summed E-state index contributed by atoms with van der Waals surface area (Å²) in [4.78, 5) is 34.6. The third-order valence-corrected chi connectivity index (χ3v) is 7.33. The zero-order valence-electron chi connectivity index (χ0n) is 22.4. The fraction of sp³-hybridized carbons (Fsp3) is 0.367. The number of piperidine rings is 1. The molecule has 2 fully saturated rings. The van der Waals surface area contributed by atoms with Crippen molar-refractivity contribution in [1.82, 2.24) is 14.8 Å². The third-order valence-electron chi connectivity index (χ3n) is 7.33. The molecule has 40 heavy (non-hydrogen) atoms. The molecule has 0 aliphatic carbocycles. The van der Waals surface area contributed by atoms with E-state index in [1.54, 1.807) is 23.2 Å². The van der Waals surface area contributed by atoms with E-state index in [0.29, 0.717) is 36.7 Å². The predicted molar refractivity (Wildman–Crippen MR) is 142 cm³/mol. The minimum Gasteiger partial charge on any atom is -0.488 e. The summed E-state index contributed by atoms with van der Waals surface area (Å²) in [5.74, 6) is -6.00. The van der Waals surface area contributed by atoms with Crippen LogP contribution in [0.15, 0.2) is 48.7 Å². The number of halogens is 3. The fourth-order valence-electron chi connectivity index (χ4n) is 5.48. The first-order valence-corrected chi connectivity index (χ1v) is 13.3. The molecule has 210 valence electrons. The van der Waals surface area contributed by atoms with Crippen LogP contribution in [0, 0.1) is 24.4 Å². The van der Waals surface area contributed by atoms with Crippen LogP contribution in [0.4, 0.5) is 13.2 Å². The van der Waals surface area contributed by atoms with Crippen LogP contribution in [0.25, 0.3) is 11.3 Å². The highest BCUT2D eigenvalue weighted by molar-refractivity contribution is 6.00. The SMILES string of the molecule is CCOc1c(F)c(F)cc(C(=O)N2CCOC3(CCCN(C(=O)c4cccnc4-c4cccc(C)c4)C3)C2)c1F. The number of amides is 2. The summed E-state index contributed by atoms with van der Waals surface area (Å²) in [6.07, 6.45) is 2.85. The highest BCUT2D eigenvalue weighted by atomic mass is 19.2. The molecular formula is C30H30F3N3O4. The first-order chi connectivity index (χ1) is 19.2. The summed E-state index contributed by atoms with van der Waals surface area (Å²) < 4.78 is 54.4. The Morgan fingerprint density at radius 1 is 1.00 bits per heavy atom. The van der Waals surface area contributed by atoms with Crippen molar-refractivity contribution in [3.8, 4) is 17.0 Å². The molecule has 0 bridgehead atoms. The van der Waals surface area contributed by atoms with Gasteiger partial charge >= 0.3 is 0 Å². The van der Waals surface area contributed by atoms with Crippen molar-refractivity contribution in [3.05, 3.63) is 82.8 Å². The Kier molecular flexibility index (Phi) is 7.80. The molecule has 1 aromatic heterocycles. The first kappa shape index (κ1) is 27.6. The van der Waals surface area contributed by atoms with Crippen molar-refractivity contribution in [3.63, 3.8) is 0 Å². The van der Waals surface area contributed by atoms with Crippen LogP contribution < -0.4 is 4.74 Å². The average Bonchev–Trinajstić information content (AvgIpc) is 2.96. The molecule has 1 spiro atoms. The molecule has 2 saturated heterocycles. The summed E-state index contributed by atoms with van der Waals surface area (Å²) >= 11 is 0. The zero-order valence-corrected chi connectivity index (χ0v) is 22.4. The second kappa shape index (κ2) is 11.3. The van der Waals surface area contributed by atoms with E-state index in [-0.39, 0.29) is 38.8 Å². The maximum Gasteiger partial charge on any atom is 0.257 e. The van der Waals surface area contributed by atoms with Gasteiger partial charge in [-0.05, 0) is 51.0 Å². The quantitative estimate of drug-likeness (QED) is 0.415. The van der Waals surface area contributed by atoms with Gasteiger partial charge in [-0.15, -0.1) is 0 Å². The summed E-state index contributed by atoms with van der Waals surface area (Å²) in [7, 11) is 0. The van der Waals surface area contributed by atoms with Crippen molar-refractivity contribution >= 4 is 11.8 Å². The lowest BCUT2D eigenvalue weighted by molar-refractivity contribution is -0.126. The maximum absolute atomic E-state index is 15.0. The van der Waals surface area contributed by atoms with Crippen LogP contribution in [0.5, 0.6) is 5.75 Å². The fourth-order valence-corrected chi connectivity index (χ4v) is 5.48. The Labute approximate surface area is 230 Å². The Bertz CT molecular complexity index is 1450. The van der Waals surface area contributed by atoms with Gasteiger partial charge in [0.05, 0.1) is 43.1 Å². The number of rotatable bonds is 5. The molecule has 0 saturated carbocycles. The molecule has 2 aliphatic rings. The third kappa shape index (κ3) is 5.28. The summed E-state index contributed by atoms with van der Waals surface area (Å²) in [5, 5.41) is 0. The Hall–Kier alpha value is -3.92. The van der Waals surface area contributed by atoms with E-state index < -0.39 is 40.3 Å². The number of pyridine rings is 1. The van der Waals surface area contributed by atoms with Crippen molar-refractivity contribution in [2.45, 2.75) is 32.3 Å². The van der Waals surface area contributed by atoms with Gasteiger partial charge in [-0.25, -0.2) is 8.78 Å². The number of nitrogens with zero attached hydrogens (tertiary/aromatic N) is 3. The number of carbonyl (C=O) groups excluding carboxylic acids is 2. The summed E-state index contributed by atoms with van der Waals surface area (Å²) in [6, 6.07) is 11.8. The molecule has 1 unspecified atom stereocenters. The molecule has 3 aromatic rings. The monoisotopic (exact) mass is 553 g/mol. The highest BCUT2D eigenvalue weighted by Gasteiger charge is 2.44. The topological polar surface area (TPSA) is 72.0 Å². The molecule has 2 amide bonds. The highest BCUT2D eigenvalue weighted by Crippen LogP contribution is 2.33. The van der Waals surface area contributed by atoms with E-state index in [0.717, 1.165) is 11.1 Å². The number of hydrogen-bond donors (Lipinski definition) is 0. The first-order valence-electron chi connectivity index (χ1n) is 13.3. The van der Waals surface area contributed by atoms with Crippen LogP contribution in [-0.4, -0.2) is 71.6 Å². The van der Waals surface area contributed by atoms with Gasteiger partial charge in [0, 0.05) is 24.8 Å². The molecule has 2 aliphatic heterocycles. The van der Waals surface area contributed by atoms with Crippen LogP contribution in [0.2, 0.25) is 0 Å². The number of hydrogen-bond acceptors (Lipinski definition) is 5. The second-order valence-electron chi connectivity index (χ2n) is 10.2. The van der Waals surface area contributed by atoms with Gasteiger partial charge in [-0.3, -0.25) is 14.6 Å². The van der Waals surface area contributed by atoms with Gasteiger partial charge in [0.2, 0.25) is 5.82 Å². The molecule has 0 radical (unpaired) electrons. The molecule has 5 rings (SSSR count). The van der Waals surface area contributed by atoms with Crippen molar-refractivity contribution < 1.29 is 32.2 Å². The summed E-state index contributed by atoms with van der Waals surface area (Å²) in [5.41, 5.74) is 1.43. The molecule has 1 atom stereocenters. The van der Waals surface area contributed by atoms with Gasteiger partial charge in [0.25, 0.3) is 11.8 Å². The minimum absolute atomic E-state index is 0.0653. The lowest BCUT2D eigenvalue weighted by Gasteiger charge is -2.48. The molecule has 7 nitrogen and oxygen atoms in total. The van der Waals surface area contributed by atoms with Gasteiger partial charge < -0.3 is 19.3 Å². The number of ether oxygens (including phenoxy) is 2. The van der Waals surface area contributed by atoms with E-state index >= 15 is 4.39 Å². The zero-order chi connectivity index (χ0) is 28.4. The van der Waals surface area contributed by atoms with Gasteiger partial charge in [0.15, 0.2) is 17.4 Å². The van der Waals surface area contributed by atoms with Gasteiger partial charge in [-0.2, -0.15) is 4.39 Å². The number of carbonyl (C=O) groups is 2. The Morgan fingerprint density at radius 3 is 2.50 bits per heavy atom. The Balaban J connectivity index is 1.38. The largest absolute Gasteiger partial charge is 0.488 e. The van der Waals surface area contributed by atoms with E-state index in [2.05, 4.69) is 4.98 Å². The number of aromatic nitrogens is 1. The Morgan fingerprint density at radius 2 is 1.75 bits per heavy atom. The number of aryl methyl sites for hydroxylation is 1. The van der Waals surface area contributed by atoms with E-state index in [1.165, 1.54) is 11.8 Å². The van der Waals surface area contributed by atoms with Crippen LogP contribution >= 0.6 is 0 Å². The number of likely N-dealkylation sites (tertiary alicyclic amines) is 1. The van der Waals surface area contributed by atoms with Crippen LogP contribution in [0.3, 0.4) is 0 Å². The van der Waals surface area contributed by atoms with Crippen molar-refractivity contribution in [2.75, 3.05) is 39.4 Å². The van der Waals surface area contributed by atoms with Gasteiger partial charge in [0.1, 0.15) is 5.60 Å². The molecule has 3 heterocycles.